The van der Waals surface area contributed by atoms with E-state index in [0.717, 1.165) is 23.6 Å². The van der Waals surface area contributed by atoms with E-state index in [1.165, 1.54) is 0 Å². The maximum absolute atomic E-state index is 12.2. The number of benzene rings is 1. The molecule has 0 aliphatic carbocycles. The van der Waals surface area contributed by atoms with Crippen molar-refractivity contribution in [3.63, 3.8) is 0 Å². The molecule has 0 saturated carbocycles. The average molecular weight is 269 g/mol. The zero-order valence-corrected chi connectivity index (χ0v) is 11.1. The Morgan fingerprint density at radius 1 is 1.30 bits per heavy atom. The lowest BCUT2D eigenvalue weighted by molar-refractivity contribution is 0.102. The van der Waals surface area contributed by atoms with Crippen LogP contribution in [0.4, 0.5) is 11.5 Å². The summed E-state index contributed by atoms with van der Waals surface area (Å²) in [5, 5.41) is 5.76. The van der Waals surface area contributed by atoms with Crippen molar-refractivity contribution in [2.45, 2.75) is 6.42 Å². The van der Waals surface area contributed by atoms with Crippen LogP contribution >= 0.6 is 0 Å². The Bertz CT molecular complexity index is 638. The number of pyridine rings is 1. The van der Waals surface area contributed by atoms with Gasteiger partial charge in [-0.3, -0.25) is 4.79 Å². The number of anilines is 2. The first-order chi connectivity index (χ1) is 9.76. The number of hydrogen-bond acceptors (Lipinski definition) is 4. The molecule has 5 heteroatoms. The van der Waals surface area contributed by atoms with Crippen LogP contribution in [0, 0.1) is 0 Å². The molecule has 0 fully saturated rings. The number of aromatic nitrogens is 1. The Hall–Kier alpha value is -2.56. The van der Waals surface area contributed by atoms with Gasteiger partial charge in [0.25, 0.3) is 5.91 Å². The lowest BCUT2D eigenvalue weighted by atomic mass is 10.1. The van der Waals surface area contributed by atoms with Gasteiger partial charge in [0.1, 0.15) is 11.6 Å². The van der Waals surface area contributed by atoms with Crippen molar-refractivity contribution >= 4 is 17.4 Å². The van der Waals surface area contributed by atoms with E-state index in [9.17, 15) is 4.79 Å². The van der Waals surface area contributed by atoms with Crippen molar-refractivity contribution in [2.75, 3.05) is 24.3 Å². The van der Waals surface area contributed by atoms with Gasteiger partial charge in [-0.05, 0) is 35.9 Å². The van der Waals surface area contributed by atoms with Crippen LogP contribution in [0.25, 0.3) is 0 Å². The predicted molar refractivity (Wildman–Crippen MR) is 77.4 cm³/mol. The largest absolute Gasteiger partial charge is 0.493 e. The molecule has 0 unspecified atom stereocenters. The molecule has 5 nitrogen and oxygen atoms in total. The van der Waals surface area contributed by atoms with E-state index in [-0.39, 0.29) is 5.91 Å². The molecule has 2 aromatic rings. The molecule has 2 N–H and O–H groups in total. The van der Waals surface area contributed by atoms with Crippen LogP contribution in [-0.4, -0.2) is 24.5 Å². The van der Waals surface area contributed by atoms with Gasteiger partial charge in [-0.15, -0.1) is 0 Å². The molecule has 0 spiro atoms. The van der Waals surface area contributed by atoms with Gasteiger partial charge in [-0.2, -0.15) is 0 Å². The summed E-state index contributed by atoms with van der Waals surface area (Å²) < 4.78 is 5.43. The monoisotopic (exact) mass is 269 g/mol. The predicted octanol–water partition coefficient (Wildman–Crippen LogP) is 2.31. The van der Waals surface area contributed by atoms with Gasteiger partial charge in [0.2, 0.25) is 0 Å². The molecule has 1 aliphatic heterocycles. The van der Waals surface area contributed by atoms with Gasteiger partial charge in [-0.1, -0.05) is 0 Å². The summed E-state index contributed by atoms with van der Waals surface area (Å²) in [7, 11) is 1.80. The van der Waals surface area contributed by atoms with Crippen molar-refractivity contribution in [3.05, 3.63) is 47.7 Å². The number of hydrogen-bond donors (Lipinski definition) is 2. The number of rotatable bonds is 3. The molecule has 1 aromatic carbocycles. The van der Waals surface area contributed by atoms with E-state index in [1.54, 1.807) is 19.3 Å². The molecule has 0 radical (unpaired) electrons. The average Bonchev–Trinajstić information content (AvgIpc) is 2.95. The normalized spacial score (nSPS) is 12.4. The van der Waals surface area contributed by atoms with Crippen molar-refractivity contribution in [2.24, 2.45) is 0 Å². The van der Waals surface area contributed by atoms with Crippen LogP contribution in [0.3, 0.4) is 0 Å². The topological polar surface area (TPSA) is 63.2 Å². The van der Waals surface area contributed by atoms with E-state index >= 15 is 0 Å². The molecule has 102 valence electrons. The first kappa shape index (κ1) is 12.5. The SMILES string of the molecule is CNc1ccc(NC(=O)c2ccc3c(c2)CCO3)cn1. The van der Waals surface area contributed by atoms with Gasteiger partial charge < -0.3 is 15.4 Å². The summed E-state index contributed by atoms with van der Waals surface area (Å²) in [6, 6.07) is 9.13. The summed E-state index contributed by atoms with van der Waals surface area (Å²) in [5.74, 6) is 1.50. The lowest BCUT2D eigenvalue weighted by Gasteiger charge is -2.07. The summed E-state index contributed by atoms with van der Waals surface area (Å²) in [6.45, 7) is 0.690. The van der Waals surface area contributed by atoms with Crippen molar-refractivity contribution < 1.29 is 9.53 Å². The molecule has 1 amide bonds. The van der Waals surface area contributed by atoms with Crippen LogP contribution < -0.4 is 15.4 Å². The van der Waals surface area contributed by atoms with Gasteiger partial charge >= 0.3 is 0 Å². The van der Waals surface area contributed by atoms with E-state index in [0.29, 0.717) is 17.9 Å². The second-order valence-corrected chi connectivity index (χ2v) is 4.56. The van der Waals surface area contributed by atoms with Gasteiger partial charge in [-0.25, -0.2) is 4.98 Å². The zero-order valence-electron chi connectivity index (χ0n) is 11.1. The third-order valence-electron chi connectivity index (χ3n) is 3.23. The van der Waals surface area contributed by atoms with E-state index < -0.39 is 0 Å². The molecule has 20 heavy (non-hydrogen) atoms. The second-order valence-electron chi connectivity index (χ2n) is 4.56. The van der Waals surface area contributed by atoms with E-state index in [4.69, 9.17) is 4.74 Å². The van der Waals surface area contributed by atoms with E-state index in [1.807, 2.05) is 24.3 Å². The summed E-state index contributed by atoms with van der Waals surface area (Å²) in [6.07, 6.45) is 2.48. The fraction of sp³-hybridized carbons (Fsp3) is 0.200. The Morgan fingerprint density at radius 3 is 2.95 bits per heavy atom. The summed E-state index contributed by atoms with van der Waals surface area (Å²) >= 11 is 0. The molecule has 0 bridgehead atoms. The van der Waals surface area contributed by atoms with Crippen molar-refractivity contribution in [3.8, 4) is 5.75 Å². The highest BCUT2D eigenvalue weighted by Crippen LogP contribution is 2.26. The van der Waals surface area contributed by atoms with Crippen LogP contribution in [0.1, 0.15) is 15.9 Å². The molecule has 0 atom stereocenters. The molecular formula is C15H15N3O2. The van der Waals surface area contributed by atoms with Crippen molar-refractivity contribution in [1.29, 1.82) is 0 Å². The first-order valence-electron chi connectivity index (χ1n) is 6.47. The third-order valence-corrected chi connectivity index (χ3v) is 3.23. The van der Waals surface area contributed by atoms with E-state index in [2.05, 4.69) is 15.6 Å². The van der Waals surface area contributed by atoms with Crippen LogP contribution in [0.5, 0.6) is 5.75 Å². The standard InChI is InChI=1S/C15H15N3O2/c1-16-14-5-3-12(9-17-14)18-15(19)11-2-4-13-10(8-11)6-7-20-13/h2-5,8-9H,6-7H2,1H3,(H,16,17)(H,18,19). The number of amides is 1. The minimum absolute atomic E-state index is 0.140. The Balaban J connectivity index is 1.75. The maximum atomic E-state index is 12.2. The molecule has 2 heterocycles. The Kier molecular flexibility index (Phi) is 3.25. The van der Waals surface area contributed by atoms with Crippen molar-refractivity contribution in [1.82, 2.24) is 4.98 Å². The summed E-state index contributed by atoms with van der Waals surface area (Å²) in [4.78, 5) is 16.3. The highest BCUT2D eigenvalue weighted by molar-refractivity contribution is 6.04. The van der Waals surface area contributed by atoms with Gasteiger partial charge in [0.15, 0.2) is 0 Å². The fourth-order valence-electron chi connectivity index (χ4n) is 2.15. The molecule has 0 saturated heterocycles. The second kappa shape index (κ2) is 5.21. The Labute approximate surface area is 117 Å². The maximum Gasteiger partial charge on any atom is 0.255 e. The smallest absolute Gasteiger partial charge is 0.255 e. The number of fused-ring (bicyclic) bond motifs is 1. The zero-order chi connectivity index (χ0) is 13.9. The highest BCUT2D eigenvalue weighted by Gasteiger charge is 2.15. The number of carbonyl (C=O) groups excluding carboxylic acids is 1. The van der Waals surface area contributed by atoms with Crippen LogP contribution in [0.2, 0.25) is 0 Å². The molecular weight excluding hydrogens is 254 g/mol. The number of ether oxygens (including phenoxy) is 1. The number of nitrogens with zero attached hydrogens (tertiary/aromatic N) is 1. The Morgan fingerprint density at radius 2 is 2.20 bits per heavy atom. The molecule has 1 aromatic heterocycles. The molecule has 3 rings (SSSR count). The minimum Gasteiger partial charge on any atom is -0.493 e. The lowest BCUT2D eigenvalue weighted by Crippen LogP contribution is -2.12. The molecule has 1 aliphatic rings. The highest BCUT2D eigenvalue weighted by atomic mass is 16.5. The minimum atomic E-state index is -0.140. The van der Waals surface area contributed by atoms with Crippen LogP contribution in [-0.2, 0) is 6.42 Å². The van der Waals surface area contributed by atoms with Gasteiger partial charge in [0.05, 0.1) is 18.5 Å². The number of carbonyl (C=O) groups is 1. The third kappa shape index (κ3) is 2.42. The van der Waals surface area contributed by atoms with Gasteiger partial charge in [0, 0.05) is 19.0 Å². The fourth-order valence-corrected chi connectivity index (χ4v) is 2.15. The quantitative estimate of drug-likeness (QED) is 0.897. The number of nitrogens with one attached hydrogen (secondary N) is 2. The summed E-state index contributed by atoms with van der Waals surface area (Å²) in [5.41, 5.74) is 2.39. The van der Waals surface area contributed by atoms with Crippen LogP contribution in [0.15, 0.2) is 36.5 Å². The first-order valence-corrected chi connectivity index (χ1v) is 6.47.